The van der Waals surface area contributed by atoms with Crippen molar-refractivity contribution in [3.05, 3.63) is 52.4 Å². The molecule has 0 spiro atoms. The standard InChI is InChI=1S/C28H33NO3/c1-7-12-32-19-11-9-10-18(13-19)24-25-20(14-27(3,4)16-22(25)30)29(8-2)21-15-28(5,6)17-23(31)26(21)24/h1,9-11,13,24H,8,12,14-17H2,2-6H3. The lowest BCUT2D eigenvalue weighted by molar-refractivity contribution is -0.119. The molecule has 0 saturated carbocycles. The smallest absolute Gasteiger partial charge is 0.162 e. The molecule has 0 saturated heterocycles. The molecule has 4 rings (SSSR count). The van der Waals surface area contributed by atoms with Gasteiger partial charge in [0.15, 0.2) is 11.6 Å². The second kappa shape index (κ2) is 7.96. The van der Waals surface area contributed by atoms with Crippen molar-refractivity contribution < 1.29 is 14.3 Å². The third-order valence-corrected chi connectivity index (χ3v) is 6.85. The summed E-state index contributed by atoms with van der Waals surface area (Å²) in [6, 6.07) is 7.73. The van der Waals surface area contributed by atoms with E-state index < -0.39 is 0 Å². The quantitative estimate of drug-likeness (QED) is 0.599. The van der Waals surface area contributed by atoms with Crippen LogP contribution >= 0.6 is 0 Å². The zero-order chi connectivity index (χ0) is 23.3. The molecule has 1 heterocycles. The SMILES string of the molecule is C#CCOc1cccc(C2C3=C(CC(C)(C)CC3=O)N(CC)C3=C2C(=O)CC(C)(C)C3)c1. The van der Waals surface area contributed by atoms with Gasteiger partial charge >= 0.3 is 0 Å². The van der Waals surface area contributed by atoms with Crippen molar-refractivity contribution in [2.45, 2.75) is 66.2 Å². The molecule has 32 heavy (non-hydrogen) atoms. The molecule has 2 aliphatic carbocycles. The van der Waals surface area contributed by atoms with E-state index in [1.165, 1.54) is 0 Å². The van der Waals surface area contributed by atoms with Crippen LogP contribution in [-0.2, 0) is 9.59 Å². The van der Waals surface area contributed by atoms with Gasteiger partial charge in [-0.15, -0.1) is 6.42 Å². The van der Waals surface area contributed by atoms with E-state index in [4.69, 9.17) is 11.2 Å². The third kappa shape index (κ3) is 3.90. The average Bonchev–Trinajstić information content (AvgIpc) is 2.69. The van der Waals surface area contributed by atoms with Gasteiger partial charge in [-0.3, -0.25) is 9.59 Å². The zero-order valence-corrected chi connectivity index (χ0v) is 19.9. The van der Waals surface area contributed by atoms with E-state index >= 15 is 0 Å². The summed E-state index contributed by atoms with van der Waals surface area (Å²) >= 11 is 0. The van der Waals surface area contributed by atoms with Gasteiger partial charge in [0.05, 0.1) is 0 Å². The molecule has 0 amide bonds. The molecule has 0 atom stereocenters. The molecule has 0 fully saturated rings. The fraction of sp³-hybridized carbons (Fsp3) is 0.500. The van der Waals surface area contributed by atoms with Crippen molar-refractivity contribution in [1.82, 2.24) is 4.90 Å². The number of rotatable bonds is 4. The Kier molecular flexibility index (Phi) is 5.57. The largest absolute Gasteiger partial charge is 0.481 e. The Hall–Kier alpha value is -2.80. The first kappa shape index (κ1) is 22.4. The number of carbonyl (C=O) groups is 2. The first-order valence-corrected chi connectivity index (χ1v) is 11.5. The molecule has 0 bridgehead atoms. The number of ether oxygens (including phenoxy) is 1. The number of ketones is 2. The number of Topliss-reactive ketones (excluding diaryl/α,β-unsaturated/α-hetero) is 2. The molecule has 3 aliphatic rings. The van der Waals surface area contributed by atoms with Gasteiger partial charge in [-0.25, -0.2) is 0 Å². The van der Waals surface area contributed by atoms with E-state index in [1.54, 1.807) is 0 Å². The summed E-state index contributed by atoms with van der Waals surface area (Å²) in [4.78, 5) is 29.4. The van der Waals surface area contributed by atoms with Crippen LogP contribution in [0, 0.1) is 23.2 Å². The van der Waals surface area contributed by atoms with Gasteiger partial charge in [0, 0.05) is 47.8 Å². The number of benzene rings is 1. The molecule has 168 valence electrons. The van der Waals surface area contributed by atoms with E-state index in [9.17, 15) is 9.59 Å². The maximum atomic E-state index is 13.6. The van der Waals surface area contributed by atoms with Crippen LogP contribution in [0.5, 0.6) is 5.75 Å². The van der Waals surface area contributed by atoms with Crippen LogP contribution in [0.2, 0.25) is 0 Å². The lowest BCUT2D eigenvalue weighted by Crippen LogP contribution is -2.44. The number of terminal acetylenes is 1. The van der Waals surface area contributed by atoms with Crippen LogP contribution in [0.25, 0.3) is 0 Å². The van der Waals surface area contributed by atoms with Gasteiger partial charge in [0.1, 0.15) is 12.4 Å². The van der Waals surface area contributed by atoms with Crippen LogP contribution in [0.4, 0.5) is 0 Å². The first-order chi connectivity index (χ1) is 15.1. The Morgan fingerprint density at radius 1 is 1.00 bits per heavy atom. The molecule has 4 heteroatoms. The highest BCUT2D eigenvalue weighted by Crippen LogP contribution is 2.54. The normalized spacial score (nSPS) is 22.4. The van der Waals surface area contributed by atoms with Crippen molar-refractivity contribution in [3.8, 4) is 18.1 Å². The van der Waals surface area contributed by atoms with Crippen molar-refractivity contribution in [2.24, 2.45) is 10.8 Å². The molecule has 0 N–H and O–H groups in total. The lowest BCUT2D eigenvalue weighted by Gasteiger charge is -2.48. The molecule has 1 aromatic carbocycles. The highest BCUT2D eigenvalue weighted by Gasteiger charge is 2.48. The fourth-order valence-corrected chi connectivity index (χ4v) is 5.67. The van der Waals surface area contributed by atoms with Crippen LogP contribution in [0.15, 0.2) is 46.8 Å². The summed E-state index contributed by atoms with van der Waals surface area (Å²) < 4.78 is 5.67. The maximum Gasteiger partial charge on any atom is 0.162 e. The Morgan fingerprint density at radius 3 is 2.06 bits per heavy atom. The van der Waals surface area contributed by atoms with E-state index in [1.807, 2.05) is 24.3 Å². The molecular weight excluding hydrogens is 398 g/mol. The molecule has 4 nitrogen and oxygen atoms in total. The number of hydrogen-bond acceptors (Lipinski definition) is 4. The predicted molar refractivity (Wildman–Crippen MR) is 126 cm³/mol. The highest BCUT2D eigenvalue weighted by atomic mass is 16.5. The van der Waals surface area contributed by atoms with E-state index in [0.29, 0.717) is 18.6 Å². The first-order valence-electron chi connectivity index (χ1n) is 11.5. The number of allylic oxidation sites excluding steroid dienone is 4. The van der Waals surface area contributed by atoms with Gasteiger partial charge in [-0.05, 0) is 48.3 Å². The van der Waals surface area contributed by atoms with Crippen LogP contribution < -0.4 is 4.74 Å². The minimum absolute atomic E-state index is 0.0993. The van der Waals surface area contributed by atoms with Crippen LogP contribution in [0.1, 0.15) is 71.8 Å². The Balaban J connectivity index is 1.94. The van der Waals surface area contributed by atoms with Gasteiger partial charge < -0.3 is 9.64 Å². The van der Waals surface area contributed by atoms with Gasteiger partial charge in [0.2, 0.25) is 0 Å². The Bertz CT molecular complexity index is 1030. The Morgan fingerprint density at radius 2 is 1.56 bits per heavy atom. The molecular formula is C28H33NO3. The number of hydrogen-bond donors (Lipinski definition) is 0. The molecule has 1 aliphatic heterocycles. The summed E-state index contributed by atoms with van der Waals surface area (Å²) in [5.74, 6) is 3.12. The molecule has 0 aromatic heterocycles. The zero-order valence-electron chi connectivity index (χ0n) is 19.9. The van der Waals surface area contributed by atoms with Gasteiger partial charge in [-0.1, -0.05) is 45.7 Å². The van der Waals surface area contributed by atoms with E-state index in [0.717, 1.165) is 47.5 Å². The van der Waals surface area contributed by atoms with Crippen molar-refractivity contribution in [2.75, 3.05) is 13.2 Å². The summed E-state index contributed by atoms with van der Waals surface area (Å²) in [5, 5.41) is 0. The van der Waals surface area contributed by atoms with Crippen molar-refractivity contribution in [3.63, 3.8) is 0 Å². The topological polar surface area (TPSA) is 46.6 Å². The van der Waals surface area contributed by atoms with Crippen LogP contribution in [-0.4, -0.2) is 29.6 Å². The Labute approximate surface area is 191 Å². The highest BCUT2D eigenvalue weighted by molar-refractivity contribution is 6.06. The molecule has 0 radical (unpaired) electrons. The monoisotopic (exact) mass is 431 g/mol. The van der Waals surface area contributed by atoms with Crippen molar-refractivity contribution >= 4 is 11.6 Å². The van der Waals surface area contributed by atoms with Crippen LogP contribution in [0.3, 0.4) is 0 Å². The summed E-state index contributed by atoms with van der Waals surface area (Å²) in [6.45, 7) is 11.7. The minimum atomic E-state index is -0.343. The molecule has 1 aromatic rings. The number of carbonyl (C=O) groups excluding carboxylic acids is 2. The van der Waals surface area contributed by atoms with Gasteiger partial charge in [-0.2, -0.15) is 0 Å². The number of nitrogens with zero attached hydrogens (tertiary/aromatic N) is 1. The minimum Gasteiger partial charge on any atom is -0.481 e. The van der Waals surface area contributed by atoms with Crippen molar-refractivity contribution in [1.29, 1.82) is 0 Å². The second-order valence-electron chi connectivity index (χ2n) is 10.8. The lowest BCUT2D eigenvalue weighted by atomic mass is 9.63. The maximum absolute atomic E-state index is 13.6. The van der Waals surface area contributed by atoms with E-state index in [-0.39, 0.29) is 34.9 Å². The van der Waals surface area contributed by atoms with Gasteiger partial charge in [0.25, 0.3) is 0 Å². The summed E-state index contributed by atoms with van der Waals surface area (Å²) in [6.07, 6.45) is 8.02. The fourth-order valence-electron chi connectivity index (χ4n) is 5.67. The summed E-state index contributed by atoms with van der Waals surface area (Å²) in [7, 11) is 0. The summed E-state index contributed by atoms with van der Waals surface area (Å²) in [5.41, 5.74) is 4.52. The molecule has 0 unspecified atom stereocenters. The third-order valence-electron chi connectivity index (χ3n) is 6.85. The van der Waals surface area contributed by atoms with E-state index in [2.05, 4.69) is 45.4 Å². The average molecular weight is 432 g/mol. The second-order valence-corrected chi connectivity index (χ2v) is 10.8. The predicted octanol–water partition coefficient (Wildman–Crippen LogP) is 5.40.